The fourth-order valence-corrected chi connectivity index (χ4v) is 4.05. The number of anilines is 1. The van der Waals surface area contributed by atoms with Crippen LogP contribution in [0.4, 0.5) is 5.69 Å². The van der Waals surface area contributed by atoms with E-state index >= 15 is 0 Å². The molecule has 0 aromatic heterocycles. The van der Waals surface area contributed by atoms with E-state index in [1.807, 2.05) is 0 Å². The maximum atomic E-state index is 12.2. The zero-order chi connectivity index (χ0) is 14.0. The molecule has 1 aromatic rings. The average Bonchev–Trinajstić information content (AvgIpc) is 2.35. The van der Waals surface area contributed by atoms with E-state index in [0.717, 1.165) is 12.8 Å². The highest BCUT2D eigenvalue weighted by Gasteiger charge is 2.28. The van der Waals surface area contributed by atoms with Crippen LogP contribution in [-0.4, -0.2) is 25.7 Å². The summed E-state index contributed by atoms with van der Waals surface area (Å²) in [6, 6.07) is 4.05. The lowest BCUT2D eigenvalue weighted by atomic mass is 9.93. The lowest BCUT2D eigenvalue weighted by Gasteiger charge is -2.28. The molecule has 1 saturated carbocycles. The van der Waals surface area contributed by atoms with Crippen LogP contribution in [0.3, 0.4) is 0 Å². The number of sulfonamides is 1. The summed E-state index contributed by atoms with van der Waals surface area (Å²) in [6.07, 6.45) is 2.55. The van der Waals surface area contributed by atoms with Gasteiger partial charge in [-0.2, -0.15) is 0 Å². The van der Waals surface area contributed by atoms with Crippen LogP contribution in [0.1, 0.15) is 25.7 Å². The summed E-state index contributed by atoms with van der Waals surface area (Å²) in [6.45, 7) is 0. The molecule has 4 N–H and O–H groups in total. The molecule has 106 valence electrons. The summed E-state index contributed by atoms with van der Waals surface area (Å²) in [5.74, 6) is 0. The smallest absolute Gasteiger partial charge is 0.240 e. The highest BCUT2D eigenvalue weighted by Crippen LogP contribution is 2.25. The number of hydrogen-bond donors (Lipinski definition) is 3. The third-order valence-corrected chi connectivity index (χ3v) is 5.49. The highest BCUT2D eigenvalue weighted by atomic mass is 79.9. The van der Waals surface area contributed by atoms with Gasteiger partial charge in [-0.05, 0) is 47.0 Å². The second-order valence-corrected chi connectivity index (χ2v) is 7.33. The van der Waals surface area contributed by atoms with Crippen molar-refractivity contribution in [2.75, 3.05) is 5.73 Å². The predicted molar refractivity (Wildman–Crippen MR) is 77.1 cm³/mol. The Labute approximate surface area is 121 Å². The minimum absolute atomic E-state index is 0.145. The fourth-order valence-electron chi connectivity index (χ4n) is 2.19. The van der Waals surface area contributed by atoms with Crippen LogP contribution in [0.15, 0.2) is 27.6 Å². The SMILES string of the molecule is Nc1ccc(S(=O)(=O)N[C@H]2CCCC[C@@H]2O)cc1Br. The molecule has 0 radical (unpaired) electrons. The van der Waals surface area contributed by atoms with Gasteiger partial charge in [0.25, 0.3) is 0 Å². The molecule has 1 aliphatic rings. The fraction of sp³-hybridized carbons (Fsp3) is 0.500. The van der Waals surface area contributed by atoms with Crippen LogP contribution >= 0.6 is 15.9 Å². The Morgan fingerprint density at radius 3 is 2.63 bits per heavy atom. The topological polar surface area (TPSA) is 92.4 Å². The lowest BCUT2D eigenvalue weighted by Crippen LogP contribution is -2.44. The van der Waals surface area contributed by atoms with Crippen molar-refractivity contribution in [2.45, 2.75) is 42.7 Å². The van der Waals surface area contributed by atoms with E-state index in [0.29, 0.717) is 23.0 Å². The second kappa shape index (κ2) is 5.78. The summed E-state index contributed by atoms with van der Waals surface area (Å²) in [5, 5.41) is 9.82. The van der Waals surface area contributed by atoms with Crippen molar-refractivity contribution in [3.8, 4) is 0 Å². The minimum Gasteiger partial charge on any atom is -0.398 e. The number of aliphatic hydroxyl groups is 1. The molecule has 0 bridgehead atoms. The van der Waals surface area contributed by atoms with E-state index in [-0.39, 0.29) is 4.90 Å². The van der Waals surface area contributed by atoms with E-state index in [1.165, 1.54) is 18.2 Å². The third-order valence-electron chi connectivity index (χ3n) is 3.32. The van der Waals surface area contributed by atoms with Crippen molar-refractivity contribution in [3.05, 3.63) is 22.7 Å². The van der Waals surface area contributed by atoms with E-state index in [1.54, 1.807) is 0 Å². The van der Waals surface area contributed by atoms with Gasteiger partial charge in [0.05, 0.1) is 11.0 Å². The maximum Gasteiger partial charge on any atom is 0.240 e. The van der Waals surface area contributed by atoms with Crippen molar-refractivity contribution < 1.29 is 13.5 Å². The predicted octanol–water partition coefficient (Wildman–Crippen LogP) is 1.61. The molecule has 1 aromatic carbocycles. The average molecular weight is 349 g/mol. The molecule has 0 aliphatic heterocycles. The van der Waals surface area contributed by atoms with Gasteiger partial charge in [-0.1, -0.05) is 12.8 Å². The molecule has 19 heavy (non-hydrogen) atoms. The summed E-state index contributed by atoms with van der Waals surface area (Å²) >= 11 is 3.21. The first-order valence-corrected chi connectivity index (χ1v) is 8.43. The summed E-state index contributed by atoms with van der Waals surface area (Å²) < 4.78 is 27.6. The number of nitrogens with one attached hydrogen (secondary N) is 1. The normalized spacial score (nSPS) is 24.3. The monoisotopic (exact) mass is 348 g/mol. The Balaban J connectivity index is 2.19. The molecule has 0 heterocycles. The molecular weight excluding hydrogens is 332 g/mol. The molecule has 1 fully saturated rings. The van der Waals surface area contributed by atoms with Gasteiger partial charge in [-0.3, -0.25) is 0 Å². The zero-order valence-electron chi connectivity index (χ0n) is 10.3. The third kappa shape index (κ3) is 3.47. The lowest BCUT2D eigenvalue weighted by molar-refractivity contribution is 0.101. The van der Waals surface area contributed by atoms with E-state index in [9.17, 15) is 13.5 Å². The van der Waals surface area contributed by atoms with Crippen LogP contribution in [-0.2, 0) is 10.0 Å². The number of nitrogen functional groups attached to an aromatic ring is 1. The van der Waals surface area contributed by atoms with Crippen LogP contribution in [0.25, 0.3) is 0 Å². The second-order valence-electron chi connectivity index (χ2n) is 4.76. The molecule has 2 atom stereocenters. The Kier molecular flexibility index (Phi) is 4.50. The maximum absolute atomic E-state index is 12.2. The van der Waals surface area contributed by atoms with Gasteiger partial charge < -0.3 is 10.8 Å². The standard InChI is InChI=1S/C12H17BrN2O3S/c13-9-7-8(5-6-10(9)14)19(17,18)15-11-3-1-2-4-12(11)16/h5-7,11-12,15-16H,1-4,14H2/t11-,12-/m0/s1. The van der Waals surface area contributed by atoms with Crippen LogP contribution in [0.2, 0.25) is 0 Å². The number of rotatable bonds is 3. The number of nitrogens with two attached hydrogens (primary N) is 1. The number of benzene rings is 1. The van der Waals surface area contributed by atoms with Crippen LogP contribution in [0, 0.1) is 0 Å². The largest absolute Gasteiger partial charge is 0.398 e. The summed E-state index contributed by atoms with van der Waals surface area (Å²) in [5.41, 5.74) is 6.12. The quantitative estimate of drug-likeness (QED) is 0.723. The molecule has 2 rings (SSSR count). The molecular formula is C12H17BrN2O3S. The molecule has 0 unspecified atom stereocenters. The molecule has 5 nitrogen and oxygen atoms in total. The van der Waals surface area contributed by atoms with Crippen LogP contribution in [0.5, 0.6) is 0 Å². The zero-order valence-corrected chi connectivity index (χ0v) is 12.7. The van der Waals surface area contributed by atoms with Crippen molar-refractivity contribution in [1.29, 1.82) is 0 Å². The van der Waals surface area contributed by atoms with E-state index in [4.69, 9.17) is 5.73 Å². The molecule has 0 saturated heterocycles. The Morgan fingerprint density at radius 1 is 1.32 bits per heavy atom. The summed E-state index contributed by atoms with van der Waals surface area (Å²) in [4.78, 5) is 0.145. The first-order chi connectivity index (χ1) is 8.90. The van der Waals surface area contributed by atoms with Gasteiger partial charge >= 0.3 is 0 Å². The number of aliphatic hydroxyl groups excluding tert-OH is 1. The Morgan fingerprint density at radius 2 is 2.00 bits per heavy atom. The Hall–Kier alpha value is -0.630. The van der Waals surface area contributed by atoms with Crippen LogP contribution < -0.4 is 10.5 Å². The van der Waals surface area contributed by atoms with Gasteiger partial charge in [0.2, 0.25) is 10.0 Å². The van der Waals surface area contributed by atoms with Crippen molar-refractivity contribution >= 4 is 31.6 Å². The van der Waals surface area contributed by atoms with E-state index in [2.05, 4.69) is 20.7 Å². The van der Waals surface area contributed by atoms with Crippen molar-refractivity contribution in [2.24, 2.45) is 0 Å². The van der Waals surface area contributed by atoms with Crippen molar-refractivity contribution in [1.82, 2.24) is 4.72 Å². The first-order valence-electron chi connectivity index (χ1n) is 6.15. The highest BCUT2D eigenvalue weighted by molar-refractivity contribution is 9.10. The molecule has 0 spiro atoms. The molecule has 7 heteroatoms. The molecule has 1 aliphatic carbocycles. The number of hydrogen-bond acceptors (Lipinski definition) is 4. The first kappa shape index (κ1) is 14.8. The van der Waals surface area contributed by atoms with Gasteiger partial charge in [0.15, 0.2) is 0 Å². The van der Waals surface area contributed by atoms with E-state index < -0.39 is 22.2 Å². The van der Waals surface area contributed by atoms with Crippen molar-refractivity contribution in [3.63, 3.8) is 0 Å². The number of halogens is 1. The Bertz CT molecular complexity index is 562. The molecule has 0 amide bonds. The van der Waals surface area contributed by atoms with Gasteiger partial charge in [0.1, 0.15) is 0 Å². The minimum atomic E-state index is -3.63. The van der Waals surface area contributed by atoms with Gasteiger partial charge in [0, 0.05) is 16.2 Å². The van der Waals surface area contributed by atoms with Gasteiger partial charge in [-0.15, -0.1) is 0 Å². The summed E-state index contributed by atoms with van der Waals surface area (Å²) in [7, 11) is -3.63. The van der Waals surface area contributed by atoms with Gasteiger partial charge in [-0.25, -0.2) is 13.1 Å².